The van der Waals surface area contributed by atoms with Crippen molar-refractivity contribution in [1.29, 1.82) is 0 Å². The van der Waals surface area contributed by atoms with Crippen LogP contribution in [0.25, 0.3) is 0 Å². The lowest BCUT2D eigenvalue weighted by Crippen LogP contribution is -2.44. The topological polar surface area (TPSA) is 75.4 Å². The second kappa shape index (κ2) is 6.24. The second-order valence-corrected chi connectivity index (χ2v) is 5.69. The smallest absolute Gasteiger partial charge is 0.325 e. The standard InChI is InChI=1S/C17H19N3O3/c1-2-3-10-17(13-7-5-4-6-8-13)15(21)20(16(22)18-17)12-14-9-11-23-19-14/h4-9,11H,2-3,10,12H2,1H3,(H,18,22)/t17-/m0/s1. The van der Waals surface area contributed by atoms with Crippen LogP contribution >= 0.6 is 0 Å². The maximum atomic E-state index is 13.1. The number of carbonyl (C=O) groups excluding carboxylic acids is 2. The average molecular weight is 313 g/mol. The Balaban J connectivity index is 1.94. The van der Waals surface area contributed by atoms with Crippen molar-refractivity contribution in [3.8, 4) is 0 Å². The summed E-state index contributed by atoms with van der Waals surface area (Å²) >= 11 is 0. The Kier molecular flexibility index (Phi) is 4.14. The number of aromatic nitrogens is 1. The van der Waals surface area contributed by atoms with Gasteiger partial charge in [0.1, 0.15) is 17.5 Å². The molecule has 1 atom stereocenters. The van der Waals surface area contributed by atoms with Crippen LogP contribution < -0.4 is 5.32 Å². The third-order valence-corrected chi connectivity index (χ3v) is 4.16. The van der Waals surface area contributed by atoms with E-state index in [1.165, 1.54) is 11.2 Å². The van der Waals surface area contributed by atoms with Gasteiger partial charge in [-0.2, -0.15) is 0 Å². The Morgan fingerprint density at radius 2 is 2.00 bits per heavy atom. The number of hydrogen-bond acceptors (Lipinski definition) is 4. The molecule has 0 aliphatic carbocycles. The van der Waals surface area contributed by atoms with Crippen molar-refractivity contribution in [3.05, 3.63) is 53.9 Å². The fourth-order valence-corrected chi connectivity index (χ4v) is 2.92. The lowest BCUT2D eigenvalue weighted by molar-refractivity contribution is -0.132. The van der Waals surface area contributed by atoms with Crippen LogP contribution in [0.3, 0.4) is 0 Å². The number of rotatable bonds is 6. The fourth-order valence-electron chi connectivity index (χ4n) is 2.92. The Morgan fingerprint density at radius 3 is 2.65 bits per heavy atom. The van der Waals surface area contributed by atoms with Crippen LogP contribution in [0, 0.1) is 0 Å². The van der Waals surface area contributed by atoms with Gasteiger partial charge in [-0.1, -0.05) is 55.3 Å². The Labute approximate surface area is 134 Å². The summed E-state index contributed by atoms with van der Waals surface area (Å²) in [6.07, 6.45) is 3.79. The van der Waals surface area contributed by atoms with E-state index in [-0.39, 0.29) is 12.5 Å². The van der Waals surface area contributed by atoms with Crippen molar-refractivity contribution in [3.63, 3.8) is 0 Å². The quantitative estimate of drug-likeness (QED) is 0.832. The molecule has 6 nitrogen and oxygen atoms in total. The van der Waals surface area contributed by atoms with Crippen molar-refractivity contribution in [2.45, 2.75) is 38.3 Å². The van der Waals surface area contributed by atoms with Gasteiger partial charge >= 0.3 is 6.03 Å². The summed E-state index contributed by atoms with van der Waals surface area (Å²) < 4.78 is 4.78. The second-order valence-electron chi connectivity index (χ2n) is 5.69. The van der Waals surface area contributed by atoms with Crippen LogP contribution in [0.15, 0.2) is 47.2 Å². The van der Waals surface area contributed by atoms with E-state index < -0.39 is 11.6 Å². The van der Waals surface area contributed by atoms with Gasteiger partial charge in [0.25, 0.3) is 5.91 Å². The minimum atomic E-state index is -0.988. The van der Waals surface area contributed by atoms with Crippen LogP contribution in [0.4, 0.5) is 4.79 Å². The zero-order valence-electron chi connectivity index (χ0n) is 13.0. The molecule has 1 aromatic carbocycles. The highest BCUT2D eigenvalue weighted by Gasteiger charge is 2.51. The van der Waals surface area contributed by atoms with E-state index in [0.717, 1.165) is 18.4 Å². The first kappa shape index (κ1) is 15.3. The number of amides is 3. The molecule has 1 fully saturated rings. The molecule has 6 heteroatoms. The number of urea groups is 1. The van der Waals surface area contributed by atoms with Gasteiger partial charge in [0.15, 0.2) is 0 Å². The minimum Gasteiger partial charge on any atom is -0.364 e. The normalized spacial score (nSPS) is 20.8. The van der Waals surface area contributed by atoms with Gasteiger partial charge < -0.3 is 9.84 Å². The van der Waals surface area contributed by atoms with Crippen LogP contribution in [0.1, 0.15) is 37.4 Å². The summed E-state index contributed by atoms with van der Waals surface area (Å²) in [6.45, 7) is 2.18. The van der Waals surface area contributed by atoms with E-state index in [9.17, 15) is 9.59 Å². The number of hydrogen-bond donors (Lipinski definition) is 1. The fraction of sp³-hybridized carbons (Fsp3) is 0.353. The molecular formula is C17H19N3O3. The molecule has 3 rings (SSSR count). The molecular weight excluding hydrogens is 294 g/mol. The lowest BCUT2D eigenvalue weighted by atomic mass is 9.85. The molecule has 2 aromatic rings. The largest absolute Gasteiger partial charge is 0.364 e. The molecule has 0 spiro atoms. The predicted octanol–water partition coefficient (Wildman–Crippen LogP) is 2.81. The van der Waals surface area contributed by atoms with E-state index in [2.05, 4.69) is 17.4 Å². The molecule has 0 radical (unpaired) electrons. The number of imide groups is 1. The van der Waals surface area contributed by atoms with Crippen molar-refractivity contribution < 1.29 is 14.1 Å². The Bertz CT molecular complexity index is 684. The first-order chi connectivity index (χ1) is 11.2. The highest BCUT2D eigenvalue weighted by molar-refractivity contribution is 6.07. The van der Waals surface area contributed by atoms with Gasteiger partial charge in [0, 0.05) is 6.07 Å². The van der Waals surface area contributed by atoms with Gasteiger partial charge in [0.05, 0.1) is 6.54 Å². The number of unbranched alkanes of at least 4 members (excludes halogenated alkanes) is 1. The van der Waals surface area contributed by atoms with Gasteiger partial charge in [0.2, 0.25) is 0 Å². The Morgan fingerprint density at radius 1 is 1.22 bits per heavy atom. The zero-order valence-corrected chi connectivity index (χ0v) is 13.0. The maximum Gasteiger partial charge on any atom is 0.325 e. The molecule has 120 valence electrons. The molecule has 0 bridgehead atoms. The molecule has 1 aliphatic rings. The molecule has 1 N–H and O–H groups in total. The van der Waals surface area contributed by atoms with Crippen LogP contribution in [0.2, 0.25) is 0 Å². The zero-order chi connectivity index (χ0) is 16.3. The summed E-state index contributed by atoms with van der Waals surface area (Å²) in [5.41, 5.74) is 0.375. The van der Waals surface area contributed by atoms with Crippen molar-refractivity contribution in [2.24, 2.45) is 0 Å². The van der Waals surface area contributed by atoms with Gasteiger partial charge in [-0.25, -0.2) is 4.79 Å². The predicted molar refractivity (Wildman–Crippen MR) is 83.2 cm³/mol. The SMILES string of the molecule is CCCC[C@@]1(c2ccccc2)NC(=O)N(Cc2ccon2)C1=O. The van der Waals surface area contributed by atoms with E-state index in [1.54, 1.807) is 6.07 Å². The van der Waals surface area contributed by atoms with Crippen LogP contribution in [-0.4, -0.2) is 22.0 Å². The van der Waals surface area contributed by atoms with E-state index in [4.69, 9.17) is 4.52 Å². The number of nitrogens with zero attached hydrogens (tertiary/aromatic N) is 2. The molecule has 23 heavy (non-hydrogen) atoms. The summed E-state index contributed by atoms with van der Waals surface area (Å²) in [6, 6.07) is 10.7. The van der Waals surface area contributed by atoms with Crippen molar-refractivity contribution >= 4 is 11.9 Å². The number of carbonyl (C=O) groups is 2. The van der Waals surface area contributed by atoms with Crippen LogP contribution in [0.5, 0.6) is 0 Å². The summed E-state index contributed by atoms with van der Waals surface area (Å²) in [4.78, 5) is 26.7. The van der Waals surface area contributed by atoms with Gasteiger partial charge in [-0.3, -0.25) is 9.69 Å². The first-order valence-corrected chi connectivity index (χ1v) is 7.76. The molecule has 0 saturated carbocycles. The van der Waals surface area contributed by atoms with Crippen molar-refractivity contribution in [2.75, 3.05) is 0 Å². The molecule has 1 saturated heterocycles. The number of nitrogens with one attached hydrogen (secondary N) is 1. The minimum absolute atomic E-state index is 0.113. The monoisotopic (exact) mass is 313 g/mol. The van der Waals surface area contributed by atoms with Gasteiger partial charge in [-0.15, -0.1) is 0 Å². The van der Waals surface area contributed by atoms with Crippen molar-refractivity contribution in [1.82, 2.24) is 15.4 Å². The Hall–Kier alpha value is -2.63. The average Bonchev–Trinajstić information content (AvgIpc) is 3.17. The highest BCUT2D eigenvalue weighted by atomic mass is 16.5. The summed E-state index contributed by atoms with van der Waals surface area (Å²) in [5.74, 6) is -0.231. The first-order valence-electron chi connectivity index (χ1n) is 7.76. The van der Waals surface area contributed by atoms with E-state index >= 15 is 0 Å². The molecule has 3 amide bonds. The maximum absolute atomic E-state index is 13.1. The summed E-state index contributed by atoms with van der Waals surface area (Å²) in [7, 11) is 0. The number of benzene rings is 1. The third-order valence-electron chi connectivity index (χ3n) is 4.16. The van der Waals surface area contributed by atoms with E-state index in [0.29, 0.717) is 12.1 Å². The lowest BCUT2D eigenvalue weighted by Gasteiger charge is -2.27. The highest BCUT2D eigenvalue weighted by Crippen LogP contribution is 2.34. The molecule has 2 heterocycles. The molecule has 1 aliphatic heterocycles. The molecule has 0 unspecified atom stereocenters. The van der Waals surface area contributed by atoms with E-state index in [1.807, 2.05) is 30.3 Å². The van der Waals surface area contributed by atoms with Gasteiger partial charge in [-0.05, 0) is 12.0 Å². The molecule has 1 aromatic heterocycles. The van der Waals surface area contributed by atoms with Crippen LogP contribution in [-0.2, 0) is 16.9 Å². The summed E-state index contributed by atoms with van der Waals surface area (Å²) in [5, 5.41) is 6.69. The third kappa shape index (κ3) is 2.72.